The number of hydrogen-bond acceptors (Lipinski definition) is 3. The van der Waals surface area contributed by atoms with Crippen molar-refractivity contribution in [3.8, 4) is 0 Å². The predicted molar refractivity (Wildman–Crippen MR) is 106 cm³/mol. The number of amides is 2. The van der Waals surface area contributed by atoms with Crippen LogP contribution in [-0.4, -0.2) is 37.2 Å². The Balaban J connectivity index is 1.60. The van der Waals surface area contributed by atoms with Crippen LogP contribution in [0.1, 0.15) is 48.6 Å². The summed E-state index contributed by atoms with van der Waals surface area (Å²) in [7, 11) is 0. The third kappa shape index (κ3) is 2.97. The molecule has 2 aromatic heterocycles. The smallest absolute Gasteiger partial charge is 0.322 e. The summed E-state index contributed by atoms with van der Waals surface area (Å²) in [6, 6.07) is 6.00. The summed E-state index contributed by atoms with van der Waals surface area (Å²) in [6.45, 7) is 9.54. The van der Waals surface area contributed by atoms with E-state index in [1.54, 1.807) is 0 Å². The normalized spacial score (nSPS) is 17.0. The van der Waals surface area contributed by atoms with Crippen molar-refractivity contribution in [3.05, 3.63) is 41.0 Å². The standard InChI is InChI=1S/C20H26N6O/c1-5-26-14(4)18(13(3)24-26)23-20(27)25-11-7-10-16(25)19-21-15-9-6-8-12(2)17(15)22-19/h6,8-9,16H,5,7,10-11H2,1-4H3,(H,21,22)(H,23,27)/t16-/m0/s1. The highest BCUT2D eigenvalue weighted by Crippen LogP contribution is 2.33. The molecule has 0 aliphatic carbocycles. The molecule has 1 aliphatic rings. The molecule has 0 bridgehead atoms. The Labute approximate surface area is 158 Å². The van der Waals surface area contributed by atoms with Crippen molar-refractivity contribution in [1.29, 1.82) is 0 Å². The second kappa shape index (κ2) is 6.72. The lowest BCUT2D eigenvalue weighted by Gasteiger charge is -2.23. The van der Waals surface area contributed by atoms with Crippen molar-refractivity contribution < 1.29 is 4.79 Å². The first kappa shape index (κ1) is 17.6. The van der Waals surface area contributed by atoms with Crippen molar-refractivity contribution in [2.24, 2.45) is 0 Å². The molecule has 1 saturated heterocycles. The molecule has 1 aromatic carbocycles. The number of hydrogen-bond donors (Lipinski definition) is 2. The molecule has 7 heteroatoms. The summed E-state index contributed by atoms with van der Waals surface area (Å²) >= 11 is 0. The van der Waals surface area contributed by atoms with Crippen LogP contribution >= 0.6 is 0 Å². The molecule has 0 spiro atoms. The van der Waals surface area contributed by atoms with E-state index in [-0.39, 0.29) is 12.1 Å². The minimum atomic E-state index is -0.0865. The summed E-state index contributed by atoms with van der Waals surface area (Å²) in [5.41, 5.74) is 5.79. The Bertz CT molecular complexity index is 1000. The second-order valence-electron chi connectivity index (χ2n) is 7.24. The van der Waals surface area contributed by atoms with Gasteiger partial charge in [-0.1, -0.05) is 12.1 Å². The molecule has 0 unspecified atom stereocenters. The number of benzene rings is 1. The lowest BCUT2D eigenvalue weighted by Crippen LogP contribution is -2.35. The summed E-state index contributed by atoms with van der Waals surface area (Å²) in [6.07, 6.45) is 1.89. The minimum absolute atomic E-state index is 0.0290. The lowest BCUT2D eigenvalue weighted by atomic mass is 10.2. The summed E-state index contributed by atoms with van der Waals surface area (Å²) in [5, 5.41) is 7.57. The van der Waals surface area contributed by atoms with Crippen molar-refractivity contribution >= 4 is 22.8 Å². The van der Waals surface area contributed by atoms with Crippen LogP contribution < -0.4 is 5.32 Å². The first-order valence-electron chi connectivity index (χ1n) is 9.56. The summed E-state index contributed by atoms with van der Waals surface area (Å²) < 4.78 is 1.91. The third-order valence-corrected chi connectivity index (χ3v) is 5.48. The molecule has 2 amide bonds. The number of carbonyl (C=O) groups is 1. The number of likely N-dealkylation sites (tertiary alicyclic amines) is 1. The average Bonchev–Trinajstić information content (AvgIpc) is 3.35. The number of carbonyl (C=O) groups excluding carboxylic acids is 1. The summed E-state index contributed by atoms with van der Waals surface area (Å²) in [4.78, 5) is 23.1. The Morgan fingerprint density at radius 1 is 1.33 bits per heavy atom. The van der Waals surface area contributed by atoms with Crippen LogP contribution in [0.25, 0.3) is 11.0 Å². The van der Waals surface area contributed by atoms with Gasteiger partial charge in [0, 0.05) is 13.1 Å². The number of aryl methyl sites for hydroxylation is 3. The van der Waals surface area contributed by atoms with Crippen molar-refractivity contribution in [1.82, 2.24) is 24.6 Å². The van der Waals surface area contributed by atoms with E-state index in [2.05, 4.69) is 28.4 Å². The zero-order chi connectivity index (χ0) is 19.1. The van der Waals surface area contributed by atoms with Gasteiger partial charge in [-0.25, -0.2) is 9.78 Å². The Morgan fingerprint density at radius 3 is 2.85 bits per heavy atom. The zero-order valence-corrected chi connectivity index (χ0v) is 16.3. The Hall–Kier alpha value is -2.83. The fourth-order valence-electron chi connectivity index (χ4n) is 4.01. The predicted octanol–water partition coefficient (Wildman–Crippen LogP) is 4.07. The Kier molecular flexibility index (Phi) is 4.37. The number of imidazole rings is 1. The van der Waals surface area contributed by atoms with Crippen LogP contribution in [0, 0.1) is 20.8 Å². The summed E-state index contributed by atoms with van der Waals surface area (Å²) in [5.74, 6) is 0.865. The number of nitrogens with zero attached hydrogens (tertiary/aromatic N) is 4. The van der Waals surface area contributed by atoms with Crippen LogP contribution in [-0.2, 0) is 6.54 Å². The van der Waals surface area contributed by atoms with Gasteiger partial charge in [0.25, 0.3) is 0 Å². The highest BCUT2D eigenvalue weighted by atomic mass is 16.2. The SMILES string of the molecule is CCn1nc(C)c(NC(=O)N2CCC[C@H]2c2nc3c(C)cccc3[nH]2)c1C. The quantitative estimate of drug-likeness (QED) is 0.733. The van der Waals surface area contributed by atoms with Gasteiger partial charge in [0.2, 0.25) is 0 Å². The number of rotatable bonds is 3. The molecule has 1 atom stereocenters. The second-order valence-corrected chi connectivity index (χ2v) is 7.24. The first-order chi connectivity index (χ1) is 13.0. The first-order valence-corrected chi connectivity index (χ1v) is 9.56. The molecule has 2 N–H and O–H groups in total. The van der Waals surface area contributed by atoms with Crippen LogP contribution in [0.5, 0.6) is 0 Å². The number of urea groups is 1. The van der Waals surface area contributed by atoms with E-state index in [9.17, 15) is 4.79 Å². The third-order valence-electron chi connectivity index (χ3n) is 5.48. The van der Waals surface area contributed by atoms with Gasteiger partial charge in [-0.15, -0.1) is 0 Å². The molecule has 142 valence electrons. The van der Waals surface area contributed by atoms with E-state index in [0.717, 1.165) is 65.4 Å². The van der Waals surface area contributed by atoms with Gasteiger partial charge in [0.05, 0.1) is 34.2 Å². The van der Waals surface area contributed by atoms with Crippen molar-refractivity contribution in [2.75, 3.05) is 11.9 Å². The molecular formula is C20H26N6O. The number of anilines is 1. The van der Waals surface area contributed by atoms with E-state index in [1.807, 2.05) is 42.5 Å². The molecule has 27 heavy (non-hydrogen) atoms. The molecule has 0 saturated carbocycles. The fraction of sp³-hybridized carbons (Fsp3) is 0.450. The minimum Gasteiger partial charge on any atom is -0.340 e. The Morgan fingerprint density at radius 2 is 2.15 bits per heavy atom. The number of para-hydroxylation sites is 1. The maximum atomic E-state index is 13.0. The van der Waals surface area contributed by atoms with E-state index in [1.165, 1.54) is 0 Å². The number of H-pyrrole nitrogens is 1. The van der Waals surface area contributed by atoms with Gasteiger partial charge < -0.3 is 15.2 Å². The van der Waals surface area contributed by atoms with Gasteiger partial charge in [-0.3, -0.25) is 4.68 Å². The average molecular weight is 366 g/mol. The van der Waals surface area contributed by atoms with E-state index in [4.69, 9.17) is 4.98 Å². The molecule has 1 aliphatic heterocycles. The number of fused-ring (bicyclic) bond motifs is 1. The van der Waals surface area contributed by atoms with Gasteiger partial charge in [-0.2, -0.15) is 5.10 Å². The van der Waals surface area contributed by atoms with Gasteiger partial charge in [0.15, 0.2) is 0 Å². The van der Waals surface area contributed by atoms with E-state index < -0.39 is 0 Å². The molecule has 1 fully saturated rings. The topological polar surface area (TPSA) is 78.8 Å². The van der Waals surface area contributed by atoms with Crippen molar-refractivity contribution in [3.63, 3.8) is 0 Å². The van der Waals surface area contributed by atoms with Crippen molar-refractivity contribution in [2.45, 2.75) is 53.1 Å². The molecule has 3 heterocycles. The number of nitrogens with one attached hydrogen (secondary N) is 2. The molecule has 3 aromatic rings. The zero-order valence-electron chi connectivity index (χ0n) is 16.3. The highest BCUT2D eigenvalue weighted by molar-refractivity contribution is 5.91. The van der Waals surface area contributed by atoms with Gasteiger partial charge >= 0.3 is 6.03 Å². The van der Waals surface area contributed by atoms with Gasteiger partial charge in [-0.05, 0) is 52.2 Å². The molecule has 7 nitrogen and oxygen atoms in total. The molecular weight excluding hydrogens is 340 g/mol. The maximum absolute atomic E-state index is 13.0. The van der Waals surface area contributed by atoms with Crippen LogP contribution in [0.4, 0.5) is 10.5 Å². The van der Waals surface area contributed by atoms with Crippen LogP contribution in [0.15, 0.2) is 18.2 Å². The van der Waals surface area contributed by atoms with Crippen LogP contribution in [0.3, 0.4) is 0 Å². The molecule has 0 radical (unpaired) electrons. The van der Waals surface area contributed by atoms with E-state index in [0.29, 0.717) is 0 Å². The maximum Gasteiger partial charge on any atom is 0.322 e. The number of aromatic nitrogens is 4. The largest absolute Gasteiger partial charge is 0.340 e. The van der Waals surface area contributed by atoms with E-state index >= 15 is 0 Å². The van der Waals surface area contributed by atoms with Crippen LogP contribution in [0.2, 0.25) is 0 Å². The fourth-order valence-corrected chi connectivity index (χ4v) is 4.01. The molecule has 4 rings (SSSR count). The lowest BCUT2D eigenvalue weighted by molar-refractivity contribution is 0.205. The highest BCUT2D eigenvalue weighted by Gasteiger charge is 2.33. The monoisotopic (exact) mass is 366 g/mol. The number of aromatic amines is 1. The van der Waals surface area contributed by atoms with Gasteiger partial charge in [0.1, 0.15) is 5.82 Å².